The number of nitrogens with one attached hydrogen (secondary N) is 1. The number of ether oxygens (including phenoxy) is 2. The Morgan fingerprint density at radius 3 is 2.64 bits per heavy atom. The highest BCUT2D eigenvalue weighted by molar-refractivity contribution is 6.32. The molecule has 2 unspecified atom stereocenters. The standard InChI is InChI=1S/C19H19ClN2O6/c20-12-6-9(11-5-10-3-4-21-18(10)22-7-11)1-2-13(12)27-19-17(26)16(25)15(24)14(8-23)28-19/h1-7,14-17,19,23-26H,8H2,(H,21,22)/t14?,15-,16+,17?,19+/m1/s1. The van der Waals surface area contributed by atoms with Gasteiger partial charge in [-0.3, -0.25) is 0 Å². The summed E-state index contributed by atoms with van der Waals surface area (Å²) in [5, 5.41) is 40.3. The first-order chi connectivity index (χ1) is 13.5. The number of aliphatic hydroxyl groups excluding tert-OH is 4. The highest BCUT2D eigenvalue weighted by Gasteiger charge is 2.44. The molecule has 5 N–H and O–H groups in total. The first-order valence-electron chi connectivity index (χ1n) is 8.68. The molecule has 3 aromatic rings. The van der Waals surface area contributed by atoms with Gasteiger partial charge >= 0.3 is 0 Å². The van der Waals surface area contributed by atoms with Gasteiger partial charge in [0.05, 0.1) is 11.6 Å². The molecule has 9 heteroatoms. The minimum atomic E-state index is -1.52. The van der Waals surface area contributed by atoms with Crippen LogP contribution in [0, 0.1) is 0 Å². The third-order valence-electron chi connectivity index (χ3n) is 4.76. The Morgan fingerprint density at radius 1 is 1.07 bits per heavy atom. The smallest absolute Gasteiger partial charge is 0.229 e. The van der Waals surface area contributed by atoms with Crippen LogP contribution < -0.4 is 4.74 Å². The fraction of sp³-hybridized carbons (Fsp3) is 0.316. The molecule has 2 aromatic heterocycles. The lowest BCUT2D eigenvalue weighted by Gasteiger charge is -2.39. The van der Waals surface area contributed by atoms with E-state index in [1.807, 2.05) is 18.3 Å². The lowest BCUT2D eigenvalue weighted by atomic mass is 9.99. The van der Waals surface area contributed by atoms with Crippen molar-refractivity contribution in [3.63, 3.8) is 0 Å². The molecule has 5 atom stereocenters. The summed E-state index contributed by atoms with van der Waals surface area (Å²) < 4.78 is 10.9. The van der Waals surface area contributed by atoms with Gasteiger partial charge in [0.25, 0.3) is 0 Å². The number of hydrogen-bond donors (Lipinski definition) is 5. The fourth-order valence-corrected chi connectivity index (χ4v) is 3.39. The van der Waals surface area contributed by atoms with Crippen LogP contribution in [0.25, 0.3) is 22.2 Å². The normalized spacial score (nSPS) is 27.8. The predicted molar refractivity (Wildman–Crippen MR) is 101 cm³/mol. The average molecular weight is 407 g/mol. The quantitative estimate of drug-likeness (QED) is 0.438. The maximum atomic E-state index is 10.1. The van der Waals surface area contributed by atoms with E-state index in [0.717, 1.165) is 22.2 Å². The number of halogens is 1. The third kappa shape index (κ3) is 3.46. The first kappa shape index (κ1) is 19.1. The van der Waals surface area contributed by atoms with Gasteiger partial charge in [-0.05, 0) is 29.8 Å². The first-order valence-corrected chi connectivity index (χ1v) is 9.06. The van der Waals surface area contributed by atoms with Crippen LogP contribution in [0.15, 0.2) is 42.7 Å². The van der Waals surface area contributed by atoms with Crippen molar-refractivity contribution in [2.45, 2.75) is 30.7 Å². The van der Waals surface area contributed by atoms with Crippen LogP contribution >= 0.6 is 11.6 Å². The molecule has 1 aliphatic rings. The van der Waals surface area contributed by atoms with E-state index >= 15 is 0 Å². The van der Waals surface area contributed by atoms with Gasteiger partial charge in [-0.1, -0.05) is 17.7 Å². The number of aromatic amines is 1. The highest BCUT2D eigenvalue weighted by atomic mass is 35.5. The molecule has 0 amide bonds. The molecule has 4 rings (SSSR count). The summed E-state index contributed by atoms with van der Waals surface area (Å²) in [6.45, 7) is -0.536. The van der Waals surface area contributed by atoms with Gasteiger partial charge in [-0.2, -0.15) is 0 Å². The van der Waals surface area contributed by atoms with Gasteiger partial charge in [0.15, 0.2) is 0 Å². The van der Waals surface area contributed by atoms with E-state index in [1.54, 1.807) is 24.4 Å². The molecule has 0 bridgehead atoms. The molecule has 1 saturated heterocycles. The van der Waals surface area contributed by atoms with Gasteiger partial charge in [0.1, 0.15) is 35.8 Å². The summed E-state index contributed by atoms with van der Waals surface area (Å²) in [6, 6.07) is 8.98. The Bertz CT molecular complexity index is 978. The van der Waals surface area contributed by atoms with E-state index in [2.05, 4.69) is 9.97 Å². The zero-order valence-corrected chi connectivity index (χ0v) is 15.3. The van der Waals surface area contributed by atoms with Gasteiger partial charge in [-0.25, -0.2) is 4.98 Å². The average Bonchev–Trinajstić information content (AvgIpc) is 3.17. The summed E-state index contributed by atoms with van der Waals surface area (Å²) in [4.78, 5) is 7.38. The summed E-state index contributed by atoms with van der Waals surface area (Å²) in [5.41, 5.74) is 2.48. The lowest BCUT2D eigenvalue weighted by molar-refractivity contribution is -0.277. The molecular weight excluding hydrogens is 388 g/mol. The number of rotatable bonds is 4. The second-order valence-corrected chi connectivity index (χ2v) is 7.01. The fourth-order valence-electron chi connectivity index (χ4n) is 3.16. The summed E-state index contributed by atoms with van der Waals surface area (Å²) >= 11 is 6.33. The summed E-state index contributed by atoms with van der Waals surface area (Å²) in [5.74, 6) is 0.227. The molecule has 28 heavy (non-hydrogen) atoms. The minimum absolute atomic E-state index is 0.227. The SMILES string of the molecule is OCC1O[C@H](Oc2ccc(-c3cnc4[nH]ccc4c3)cc2Cl)C(O)[C@@H](O)[C@@H]1O. The van der Waals surface area contributed by atoms with Crippen molar-refractivity contribution < 1.29 is 29.9 Å². The zero-order valence-electron chi connectivity index (χ0n) is 14.6. The van der Waals surface area contributed by atoms with E-state index in [1.165, 1.54) is 0 Å². The van der Waals surface area contributed by atoms with Crippen LogP contribution in [0.4, 0.5) is 0 Å². The Hall–Kier alpha value is -2.20. The molecule has 148 valence electrons. The lowest BCUT2D eigenvalue weighted by Crippen LogP contribution is -2.60. The van der Waals surface area contributed by atoms with Crippen LogP contribution in [-0.2, 0) is 4.74 Å². The molecule has 1 aromatic carbocycles. The van der Waals surface area contributed by atoms with E-state index in [0.29, 0.717) is 0 Å². The second kappa shape index (κ2) is 7.67. The number of hydrogen-bond acceptors (Lipinski definition) is 7. The Balaban J connectivity index is 1.56. The van der Waals surface area contributed by atoms with Gasteiger partial charge in [0, 0.05) is 23.3 Å². The predicted octanol–water partition coefficient (Wildman–Crippen LogP) is 1.06. The van der Waals surface area contributed by atoms with Crippen molar-refractivity contribution in [2.75, 3.05) is 6.61 Å². The molecule has 1 aliphatic heterocycles. The largest absolute Gasteiger partial charge is 0.460 e. The monoisotopic (exact) mass is 406 g/mol. The second-order valence-electron chi connectivity index (χ2n) is 6.60. The number of aromatic nitrogens is 2. The number of aliphatic hydroxyl groups is 4. The van der Waals surface area contributed by atoms with E-state index < -0.39 is 37.3 Å². The van der Waals surface area contributed by atoms with Gasteiger partial charge in [-0.15, -0.1) is 0 Å². The van der Waals surface area contributed by atoms with E-state index in [4.69, 9.17) is 21.1 Å². The molecule has 0 saturated carbocycles. The van der Waals surface area contributed by atoms with Crippen LogP contribution in [0.5, 0.6) is 5.75 Å². The molecule has 0 aliphatic carbocycles. The van der Waals surface area contributed by atoms with Gasteiger partial charge in [0.2, 0.25) is 6.29 Å². The van der Waals surface area contributed by atoms with E-state index in [-0.39, 0.29) is 10.8 Å². The van der Waals surface area contributed by atoms with Crippen molar-refractivity contribution in [3.05, 3.63) is 47.7 Å². The molecule has 3 heterocycles. The molecule has 0 radical (unpaired) electrons. The Morgan fingerprint density at radius 2 is 1.89 bits per heavy atom. The van der Waals surface area contributed by atoms with Crippen LogP contribution in [0.2, 0.25) is 5.02 Å². The van der Waals surface area contributed by atoms with Crippen molar-refractivity contribution in [3.8, 4) is 16.9 Å². The van der Waals surface area contributed by atoms with Crippen molar-refractivity contribution in [1.29, 1.82) is 0 Å². The zero-order chi connectivity index (χ0) is 19.8. The minimum Gasteiger partial charge on any atom is -0.460 e. The van der Waals surface area contributed by atoms with Crippen molar-refractivity contribution in [2.24, 2.45) is 0 Å². The third-order valence-corrected chi connectivity index (χ3v) is 5.05. The molecule has 1 fully saturated rings. The summed E-state index contributed by atoms with van der Waals surface area (Å²) in [6.07, 6.45) is -3.29. The number of pyridine rings is 1. The number of benzene rings is 1. The molecular formula is C19H19ClN2O6. The summed E-state index contributed by atoms with van der Waals surface area (Å²) in [7, 11) is 0. The van der Waals surface area contributed by atoms with Crippen molar-refractivity contribution >= 4 is 22.6 Å². The van der Waals surface area contributed by atoms with Crippen molar-refractivity contribution in [1.82, 2.24) is 9.97 Å². The Kier molecular flexibility index (Phi) is 5.24. The topological polar surface area (TPSA) is 128 Å². The molecule has 0 spiro atoms. The van der Waals surface area contributed by atoms with E-state index in [9.17, 15) is 20.4 Å². The van der Waals surface area contributed by atoms with Gasteiger partial charge < -0.3 is 34.9 Å². The number of nitrogens with zero attached hydrogens (tertiary/aromatic N) is 1. The maximum Gasteiger partial charge on any atom is 0.229 e. The van der Waals surface area contributed by atoms with Crippen LogP contribution in [0.3, 0.4) is 0 Å². The number of H-pyrrole nitrogens is 1. The molecule has 8 nitrogen and oxygen atoms in total. The number of fused-ring (bicyclic) bond motifs is 1. The Labute approximate surface area is 164 Å². The maximum absolute atomic E-state index is 10.1. The van der Waals surface area contributed by atoms with Crippen LogP contribution in [0.1, 0.15) is 0 Å². The van der Waals surface area contributed by atoms with Crippen LogP contribution in [-0.4, -0.2) is 67.7 Å². The highest BCUT2D eigenvalue weighted by Crippen LogP contribution is 2.33.